The second-order valence-electron chi connectivity index (χ2n) is 9.60. The van der Waals surface area contributed by atoms with Crippen molar-refractivity contribution in [1.29, 1.82) is 0 Å². The van der Waals surface area contributed by atoms with E-state index in [0.29, 0.717) is 10.8 Å². The van der Waals surface area contributed by atoms with Gasteiger partial charge in [0.2, 0.25) is 0 Å². The number of hydrogen-bond donors (Lipinski definition) is 2. The van der Waals surface area contributed by atoms with Crippen molar-refractivity contribution < 1.29 is 28.2 Å². The zero-order valence-electron chi connectivity index (χ0n) is 22.8. The van der Waals surface area contributed by atoms with E-state index in [4.69, 9.17) is 26.5 Å². The van der Waals surface area contributed by atoms with Gasteiger partial charge in [0.1, 0.15) is 5.15 Å². The fraction of sp³-hybridized carbons (Fsp3) is 0.226. The van der Waals surface area contributed by atoms with Gasteiger partial charge in [-0.15, -0.1) is 0 Å². The number of pyridine rings is 2. The molecule has 0 bridgehead atoms. The number of imidazole rings is 1. The van der Waals surface area contributed by atoms with E-state index in [0.717, 1.165) is 58.0 Å². The number of nitrogens with zero attached hydrogens (tertiary/aromatic N) is 4. The Morgan fingerprint density at radius 3 is 2.24 bits per heavy atom. The molecule has 0 aliphatic rings. The number of rotatable bonds is 7. The molecule has 42 heavy (non-hydrogen) atoms. The maximum Gasteiger partial charge on any atom is 0.490 e. The summed E-state index contributed by atoms with van der Waals surface area (Å²) in [7, 11) is 1.89. The lowest BCUT2D eigenvalue weighted by molar-refractivity contribution is -0.192. The van der Waals surface area contributed by atoms with E-state index in [-0.39, 0.29) is 0 Å². The molecular formula is C31H28ClF3N4O3. The van der Waals surface area contributed by atoms with E-state index in [9.17, 15) is 18.3 Å². The predicted molar refractivity (Wildman–Crippen MR) is 154 cm³/mol. The molecule has 218 valence electrons. The van der Waals surface area contributed by atoms with Crippen molar-refractivity contribution in [2.24, 2.45) is 7.05 Å². The number of aliphatic hydroxyl groups is 1. The van der Waals surface area contributed by atoms with Gasteiger partial charge in [-0.05, 0) is 59.4 Å². The molecule has 5 aromatic rings. The number of aryl methyl sites for hydroxylation is 2. The molecule has 0 fully saturated rings. The van der Waals surface area contributed by atoms with Crippen molar-refractivity contribution in [3.8, 4) is 11.1 Å². The summed E-state index contributed by atoms with van der Waals surface area (Å²) < 4.78 is 33.6. The Bertz CT molecular complexity index is 1680. The highest BCUT2D eigenvalue weighted by Gasteiger charge is 2.38. The van der Waals surface area contributed by atoms with Crippen molar-refractivity contribution >= 4 is 28.5 Å². The number of halogens is 4. The van der Waals surface area contributed by atoms with Gasteiger partial charge in [0.05, 0.1) is 23.7 Å². The molecule has 0 spiro atoms. The minimum atomic E-state index is -5.08. The first-order chi connectivity index (χ1) is 20.0. The fourth-order valence-corrected chi connectivity index (χ4v) is 5.11. The largest absolute Gasteiger partial charge is 0.490 e. The van der Waals surface area contributed by atoms with Crippen LogP contribution in [-0.4, -0.2) is 41.9 Å². The quantitative estimate of drug-likeness (QED) is 0.197. The van der Waals surface area contributed by atoms with Gasteiger partial charge in [-0.3, -0.25) is 4.98 Å². The Morgan fingerprint density at radius 1 is 1.00 bits per heavy atom. The summed E-state index contributed by atoms with van der Waals surface area (Å²) in [6, 6.07) is 19.8. The van der Waals surface area contributed by atoms with E-state index in [1.165, 1.54) is 0 Å². The molecule has 0 radical (unpaired) electrons. The van der Waals surface area contributed by atoms with Gasteiger partial charge in [-0.2, -0.15) is 13.2 Å². The molecule has 5 rings (SSSR count). The number of carbonyl (C=O) groups is 1. The van der Waals surface area contributed by atoms with Crippen molar-refractivity contribution in [2.45, 2.75) is 38.0 Å². The van der Waals surface area contributed by atoms with Crippen LogP contribution in [0.25, 0.3) is 22.0 Å². The molecule has 0 saturated carbocycles. The van der Waals surface area contributed by atoms with E-state index in [2.05, 4.69) is 35.1 Å². The molecule has 0 aliphatic carbocycles. The van der Waals surface area contributed by atoms with Crippen LogP contribution in [0.3, 0.4) is 0 Å². The molecule has 0 amide bonds. The van der Waals surface area contributed by atoms with Crippen LogP contribution >= 0.6 is 11.6 Å². The third-order valence-electron chi connectivity index (χ3n) is 6.84. The monoisotopic (exact) mass is 596 g/mol. The second kappa shape index (κ2) is 12.7. The van der Waals surface area contributed by atoms with E-state index in [1.807, 2.05) is 54.1 Å². The van der Waals surface area contributed by atoms with Crippen LogP contribution < -0.4 is 0 Å². The highest BCUT2D eigenvalue weighted by molar-refractivity contribution is 6.33. The summed E-state index contributed by atoms with van der Waals surface area (Å²) in [4.78, 5) is 22.1. The molecule has 3 aromatic heterocycles. The number of carboxylic acid groups (broad SMARTS) is 1. The van der Waals surface area contributed by atoms with Gasteiger partial charge < -0.3 is 14.8 Å². The lowest BCUT2D eigenvalue weighted by Gasteiger charge is -2.30. The minimum absolute atomic E-state index is 0.499. The number of aromatic nitrogens is 4. The molecule has 0 aliphatic heterocycles. The first kappa shape index (κ1) is 30.7. The SMILES string of the molecule is CCCCc1c(-c2ccccc2)c(Cl)nc2ccc(C(O)(c3ccncc3)c3cncn3C)cc12.O=C(O)C(F)(F)F. The highest BCUT2D eigenvalue weighted by atomic mass is 35.5. The van der Waals surface area contributed by atoms with Gasteiger partial charge in [-0.25, -0.2) is 14.8 Å². The Kier molecular flexibility index (Phi) is 9.28. The number of carboxylic acids is 1. The third kappa shape index (κ3) is 6.29. The number of alkyl halides is 3. The summed E-state index contributed by atoms with van der Waals surface area (Å²) in [6.45, 7) is 2.18. The molecule has 1 unspecified atom stereocenters. The minimum Gasteiger partial charge on any atom is -0.475 e. The second-order valence-corrected chi connectivity index (χ2v) is 9.95. The Balaban J connectivity index is 0.000000517. The molecule has 1 atom stereocenters. The van der Waals surface area contributed by atoms with E-state index < -0.39 is 17.7 Å². The van der Waals surface area contributed by atoms with Gasteiger partial charge in [0.15, 0.2) is 5.60 Å². The number of hydrogen-bond acceptors (Lipinski definition) is 5. The summed E-state index contributed by atoms with van der Waals surface area (Å²) >= 11 is 6.77. The lowest BCUT2D eigenvalue weighted by atomic mass is 9.82. The van der Waals surface area contributed by atoms with Crippen LogP contribution in [0.1, 0.15) is 42.1 Å². The van der Waals surface area contributed by atoms with Crippen molar-refractivity contribution in [3.63, 3.8) is 0 Å². The van der Waals surface area contributed by atoms with Crippen LogP contribution in [0.4, 0.5) is 13.2 Å². The van der Waals surface area contributed by atoms with Crippen molar-refractivity contribution in [1.82, 2.24) is 19.5 Å². The predicted octanol–water partition coefficient (Wildman–Crippen LogP) is 6.94. The number of benzene rings is 2. The van der Waals surface area contributed by atoms with Crippen molar-refractivity contribution in [2.75, 3.05) is 0 Å². The molecule has 3 heterocycles. The van der Waals surface area contributed by atoms with Crippen LogP contribution in [0.2, 0.25) is 5.15 Å². The Labute approximate surface area is 245 Å². The molecule has 2 aromatic carbocycles. The number of fused-ring (bicyclic) bond motifs is 1. The smallest absolute Gasteiger partial charge is 0.475 e. The van der Waals surface area contributed by atoms with Gasteiger partial charge in [0, 0.05) is 30.4 Å². The molecule has 11 heteroatoms. The summed E-state index contributed by atoms with van der Waals surface area (Å²) in [5.74, 6) is -2.76. The van der Waals surface area contributed by atoms with Gasteiger partial charge >= 0.3 is 12.1 Å². The number of unbranched alkanes of at least 4 members (excludes halogenated alkanes) is 1. The average molecular weight is 597 g/mol. The third-order valence-corrected chi connectivity index (χ3v) is 7.11. The zero-order valence-corrected chi connectivity index (χ0v) is 23.6. The topological polar surface area (TPSA) is 101 Å². The fourth-order valence-electron chi connectivity index (χ4n) is 4.79. The average Bonchev–Trinajstić information content (AvgIpc) is 3.42. The van der Waals surface area contributed by atoms with Crippen LogP contribution in [0.5, 0.6) is 0 Å². The van der Waals surface area contributed by atoms with Crippen LogP contribution in [-0.2, 0) is 23.9 Å². The molecule has 7 nitrogen and oxygen atoms in total. The summed E-state index contributed by atoms with van der Waals surface area (Å²) in [5, 5.41) is 20.9. The molecule has 0 saturated heterocycles. The van der Waals surface area contributed by atoms with Gasteiger partial charge in [-0.1, -0.05) is 61.3 Å². The first-order valence-electron chi connectivity index (χ1n) is 13.1. The first-order valence-corrected chi connectivity index (χ1v) is 13.4. The lowest BCUT2D eigenvalue weighted by Crippen LogP contribution is -2.31. The maximum absolute atomic E-state index is 12.3. The van der Waals surface area contributed by atoms with E-state index in [1.54, 1.807) is 24.9 Å². The van der Waals surface area contributed by atoms with Crippen LogP contribution in [0.15, 0.2) is 85.6 Å². The molecule has 2 N–H and O–H groups in total. The Hall–Kier alpha value is -4.28. The standard InChI is InChI=1S/C29H27ClN4O.C2HF3O2/c1-3-4-10-23-24-17-22(11-12-25(24)33-28(30)27(23)20-8-6-5-7-9-20)29(35,21-13-15-31-16-14-21)26-18-32-19-34(26)2;3-2(4,5)1(6)7/h5-9,11-19,35H,3-4,10H2,1-2H3;(H,6,7). The van der Waals surface area contributed by atoms with E-state index >= 15 is 0 Å². The normalized spacial score (nSPS) is 12.8. The Morgan fingerprint density at radius 2 is 1.67 bits per heavy atom. The van der Waals surface area contributed by atoms with Crippen molar-refractivity contribution in [3.05, 3.63) is 113 Å². The zero-order chi connectivity index (χ0) is 30.5. The maximum atomic E-state index is 12.3. The highest BCUT2D eigenvalue weighted by Crippen LogP contribution is 2.40. The summed E-state index contributed by atoms with van der Waals surface area (Å²) in [6.07, 6.45) is 4.66. The van der Waals surface area contributed by atoms with Crippen LogP contribution in [0, 0.1) is 0 Å². The van der Waals surface area contributed by atoms with Gasteiger partial charge in [0.25, 0.3) is 0 Å². The molecular weight excluding hydrogens is 569 g/mol. The number of aliphatic carboxylic acids is 1. The summed E-state index contributed by atoms with van der Waals surface area (Å²) in [5.41, 5.74) is 4.66.